The van der Waals surface area contributed by atoms with Crippen molar-refractivity contribution < 1.29 is 23.7 Å². The fourth-order valence-electron chi connectivity index (χ4n) is 3.37. The Hall–Kier alpha value is -2.09. The highest BCUT2D eigenvalue weighted by Gasteiger charge is 2.21. The van der Waals surface area contributed by atoms with Crippen LogP contribution in [0.1, 0.15) is 24.1 Å². The number of anilines is 1. The van der Waals surface area contributed by atoms with Gasteiger partial charge < -0.3 is 23.8 Å². The summed E-state index contributed by atoms with van der Waals surface area (Å²) in [6, 6.07) is 9.69. The molecule has 1 aromatic heterocycles. The second kappa shape index (κ2) is 9.41. The maximum absolute atomic E-state index is 13.0. The Balaban J connectivity index is 1.41. The van der Waals surface area contributed by atoms with Crippen LogP contribution < -0.4 is 14.4 Å². The number of nitrogens with zero attached hydrogens (tertiary/aromatic N) is 1. The minimum atomic E-state index is 0.0254. The van der Waals surface area contributed by atoms with Gasteiger partial charge in [-0.05, 0) is 36.4 Å². The van der Waals surface area contributed by atoms with Crippen molar-refractivity contribution in [2.45, 2.75) is 31.9 Å². The van der Waals surface area contributed by atoms with Crippen LogP contribution in [-0.2, 0) is 20.8 Å². The molecule has 2 aromatic rings. The highest BCUT2D eigenvalue weighted by molar-refractivity contribution is 7.09. The van der Waals surface area contributed by atoms with Crippen LogP contribution in [0.3, 0.4) is 0 Å². The van der Waals surface area contributed by atoms with Crippen LogP contribution >= 0.6 is 11.3 Å². The summed E-state index contributed by atoms with van der Waals surface area (Å²) in [6.07, 6.45) is 2.63. The molecule has 0 saturated carbocycles. The number of benzene rings is 1. The highest BCUT2D eigenvalue weighted by Crippen LogP contribution is 2.35. The van der Waals surface area contributed by atoms with E-state index in [1.54, 1.807) is 16.2 Å². The largest absolute Gasteiger partial charge is 0.486 e. The van der Waals surface area contributed by atoms with Crippen LogP contribution in [-0.4, -0.2) is 45.0 Å². The lowest BCUT2D eigenvalue weighted by atomic mass is 10.2. The average Bonchev–Trinajstić information content (AvgIpc) is 3.43. The molecule has 3 heterocycles. The molecule has 7 heteroatoms. The van der Waals surface area contributed by atoms with Gasteiger partial charge in [-0.15, -0.1) is 11.3 Å². The zero-order chi connectivity index (χ0) is 19.2. The van der Waals surface area contributed by atoms with E-state index in [4.69, 9.17) is 18.9 Å². The van der Waals surface area contributed by atoms with Gasteiger partial charge in [0.15, 0.2) is 11.5 Å². The van der Waals surface area contributed by atoms with E-state index in [9.17, 15) is 4.79 Å². The number of rotatable bonds is 8. The molecule has 28 heavy (non-hydrogen) atoms. The van der Waals surface area contributed by atoms with Crippen molar-refractivity contribution in [1.29, 1.82) is 0 Å². The Bertz CT molecular complexity index is 773. The molecule has 4 rings (SSSR count). The first-order valence-electron chi connectivity index (χ1n) is 9.71. The normalized spacial score (nSPS) is 18.2. The van der Waals surface area contributed by atoms with Gasteiger partial charge in [0, 0.05) is 23.2 Å². The molecule has 1 atom stereocenters. The van der Waals surface area contributed by atoms with Crippen molar-refractivity contribution in [2.24, 2.45) is 0 Å². The van der Waals surface area contributed by atoms with E-state index in [2.05, 4.69) is 0 Å². The Labute approximate surface area is 169 Å². The van der Waals surface area contributed by atoms with Crippen LogP contribution in [0, 0.1) is 0 Å². The zero-order valence-corrected chi connectivity index (χ0v) is 16.6. The Morgan fingerprint density at radius 2 is 2.07 bits per heavy atom. The number of carbonyl (C=O) groups excluding carboxylic acids is 1. The van der Waals surface area contributed by atoms with E-state index < -0.39 is 0 Å². The molecule has 2 aliphatic rings. The Morgan fingerprint density at radius 3 is 2.86 bits per heavy atom. The molecule has 0 spiro atoms. The Kier molecular flexibility index (Phi) is 6.46. The van der Waals surface area contributed by atoms with Crippen LogP contribution in [0.5, 0.6) is 11.5 Å². The lowest BCUT2D eigenvalue weighted by Crippen LogP contribution is -2.31. The average molecular weight is 404 g/mol. The van der Waals surface area contributed by atoms with E-state index in [1.807, 2.05) is 35.7 Å². The maximum atomic E-state index is 13.0. The van der Waals surface area contributed by atoms with E-state index in [0.29, 0.717) is 45.1 Å². The monoisotopic (exact) mass is 403 g/mol. The van der Waals surface area contributed by atoms with Crippen molar-refractivity contribution in [3.8, 4) is 11.5 Å². The first-order chi connectivity index (χ1) is 13.8. The third kappa shape index (κ3) is 4.84. The molecular weight excluding hydrogens is 378 g/mol. The quantitative estimate of drug-likeness (QED) is 0.630. The van der Waals surface area contributed by atoms with Gasteiger partial charge in [0.05, 0.1) is 32.3 Å². The number of hydrogen-bond donors (Lipinski definition) is 0. The van der Waals surface area contributed by atoms with E-state index >= 15 is 0 Å². The van der Waals surface area contributed by atoms with Crippen molar-refractivity contribution in [3.05, 3.63) is 40.6 Å². The molecule has 0 N–H and O–H groups in total. The molecular formula is C21H25NO5S. The zero-order valence-electron chi connectivity index (χ0n) is 15.8. The van der Waals surface area contributed by atoms with Crippen LogP contribution in [0.15, 0.2) is 35.7 Å². The lowest BCUT2D eigenvalue weighted by Gasteiger charge is -2.25. The summed E-state index contributed by atoms with van der Waals surface area (Å²) < 4.78 is 22.5. The van der Waals surface area contributed by atoms with Crippen LogP contribution in [0.2, 0.25) is 0 Å². The summed E-state index contributed by atoms with van der Waals surface area (Å²) in [4.78, 5) is 15.9. The van der Waals surface area contributed by atoms with Crippen molar-refractivity contribution >= 4 is 22.9 Å². The second-order valence-electron chi connectivity index (χ2n) is 6.85. The van der Waals surface area contributed by atoms with Crippen LogP contribution in [0.4, 0.5) is 5.69 Å². The topological polar surface area (TPSA) is 57.2 Å². The van der Waals surface area contributed by atoms with Crippen LogP contribution in [0.25, 0.3) is 0 Å². The number of carbonyl (C=O) groups is 1. The van der Waals surface area contributed by atoms with Gasteiger partial charge in [-0.2, -0.15) is 0 Å². The summed E-state index contributed by atoms with van der Waals surface area (Å²) in [5.74, 6) is 1.43. The summed E-state index contributed by atoms with van der Waals surface area (Å²) in [5, 5.41) is 2.02. The molecule has 1 amide bonds. The van der Waals surface area contributed by atoms with Gasteiger partial charge in [-0.1, -0.05) is 6.07 Å². The van der Waals surface area contributed by atoms with Gasteiger partial charge in [0.2, 0.25) is 5.91 Å². The number of thiophene rings is 1. The summed E-state index contributed by atoms with van der Waals surface area (Å²) in [7, 11) is 0. The van der Waals surface area contributed by atoms with Gasteiger partial charge in [-0.3, -0.25) is 4.79 Å². The van der Waals surface area contributed by atoms with Gasteiger partial charge in [0.25, 0.3) is 0 Å². The first-order valence-corrected chi connectivity index (χ1v) is 10.6. The fraction of sp³-hybridized carbons (Fsp3) is 0.476. The minimum absolute atomic E-state index is 0.0254. The summed E-state index contributed by atoms with van der Waals surface area (Å²) in [6.45, 7) is 3.36. The number of amides is 1. The number of fused-ring (bicyclic) bond motifs is 1. The first kappa shape index (κ1) is 19.2. The second-order valence-corrected chi connectivity index (χ2v) is 7.88. The van der Waals surface area contributed by atoms with Crippen molar-refractivity contribution in [2.75, 3.05) is 37.9 Å². The summed E-state index contributed by atoms with van der Waals surface area (Å²) >= 11 is 1.64. The number of ether oxygens (including phenoxy) is 4. The molecule has 1 saturated heterocycles. The number of hydrogen-bond acceptors (Lipinski definition) is 6. The third-order valence-electron chi connectivity index (χ3n) is 4.82. The fourth-order valence-corrected chi connectivity index (χ4v) is 4.06. The predicted octanol–water partition coefficient (Wildman–Crippen LogP) is 3.64. The minimum Gasteiger partial charge on any atom is -0.486 e. The van der Waals surface area contributed by atoms with Crippen molar-refractivity contribution in [1.82, 2.24) is 0 Å². The third-order valence-corrected chi connectivity index (χ3v) is 5.68. The molecule has 1 unspecified atom stereocenters. The lowest BCUT2D eigenvalue weighted by molar-refractivity contribution is -0.120. The molecule has 0 aliphatic carbocycles. The Morgan fingerprint density at radius 1 is 1.18 bits per heavy atom. The summed E-state index contributed by atoms with van der Waals surface area (Å²) in [5.41, 5.74) is 0.807. The SMILES string of the molecule is O=C(CCOCC1CCCO1)N(Cc1cccs1)c1ccc2c(c1)OCCO2. The predicted molar refractivity (Wildman–Crippen MR) is 107 cm³/mol. The van der Waals surface area contributed by atoms with E-state index in [1.165, 1.54) is 0 Å². The smallest absolute Gasteiger partial charge is 0.229 e. The maximum Gasteiger partial charge on any atom is 0.229 e. The molecule has 150 valence electrons. The standard InChI is InChI=1S/C21H25NO5S/c23-21(7-9-24-15-17-3-1-8-25-17)22(14-18-4-2-12-28-18)16-5-6-19-20(13-16)27-11-10-26-19/h2,4-6,12-13,17H,1,3,7-11,14-15H2. The van der Waals surface area contributed by atoms with E-state index in [0.717, 1.165) is 35.8 Å². The highest BCUT2D eigenvalue weighted by atomic mass is 32.1. The molecule has 0 radical (unpaired) electrons. The molecule has 0 bridgehead atoms. The molecule has 6 nitrogen and oxygen atoms in total. The molecule has 1 aromatic carbocycles. The van der Waals surface area contributed by atoms with Crippen molar-refractivity contribution in [3.63, 3.8) is 0 Å². The van der Waals surface area contributed by atoms with Gasteiger partial charge >= 0.3 is 0 Å². The molecule has 2 aliphatic heterocycles. The molecule has 1 fully saturated rings. The van der Waals surface area contributed by atoms with Gasteiger partial charge in [-0.25, -0.2) is 0 Å². The van der Waals surface area contributed by atoms with Gasteiger partial charge in [0.1, 0.15) is 13.2 Å². The van der Waals surface area contributed by atoms with E-state index in [-0.39, 0.29) is 12.0 Å².